The molecule has 0 atom stereocenters. The van der Waals surface area contributed by atoms with Crippen molar-refractivity contribution in [1.29, 1.82) is 0 Å². The van der Waals surface area contributed by atoms with Crippen LogP contribution in [0.5, 0.6) is 0 Å². The Hall–Kier alpha value is -0.830. The number of hydrogen-bond acceptors (Lipinski definition) is 3. The number of esters is 1. The van der Waals surface area contributed by atoms with Gasteiger partial charge >= 0.3 is 5.97 Å². The Labute approximate surface area is 92.1 Å². The molecule has 0 bridgehead atoms. The fourth-order valence-electron chi connectivity index (χ4n) is 1.98. The molecule has 3 nitrogen and oxygen atoms in total. The Bertz CT molecular complexity index is 236. The average molecular weight is 211 g/mol. The smallest absolute Gasteiger partial charge is 0.330 e. The van der Waals surface area contributed by atoms with E-state index in [1.807, 2.05) is 6.92 Å². The predicted molar refractivity (Wildman–Crippen MR) is 60.7 cm³/mol. The van der Waals surface area contributed by atoms with Crippen molar-refractivity contribution < 1.29 is 9.53 Å². The Kier molecular flexibility index (Phi) is 4.82. The molecule has 0 aromatic carbocycles. The first-order chi connectivity index (χ1) is 7.13. The lowest BCUT2D eigenvalue weighted by molar-refractivity contribution is -0.137. The number of hydrogen-bond donors (Lipinski definition) is 0. The summed E-state index contributed by atoms with van der Waals surface area (Å²) in [5, 5.41) is 0. The van der Waals surface area contributed by atoms with E-state index >= 15 is 0 Å². The molecule has 1 saturated carbocycles. The molecule has 1 aliphatic rings. The van der Waals surface area contributed by atoms with Gasteiger partial charge in [-0.05, 0) is 46.7 Å². The van der Waals surface area contributed by atoms with Gasteiger partial charge in [0.2, 0.25) is 0 Å². The van der Waals surface area contributed by atoms with Crippen LogP contribution >= 0.6 is 0 Å². The Morgan fingerprint density at radius 2 is 2.07 bits per heavy atom. The molecule has 86 valence electrons. The van der Waals surface area contributed by atoms with Crippen molar-refractivity contribution in [3.8, 4) is 0 Å². The molecule has 1 aliphatic carbocycles. The van der Waals surface area contributed by atoms with Gasteiger partial charge in [-0.25, -0.2) is 4.79 Å². The van der Waals surface area contributed by atoms with Crippen molar-refractivity contribution >= 4 is 5.97 Å². The van der Waals surface area contributed by atoms with E-state index in [4.69, 9.17) is 4.74 Å². The molecule has 1 rings (SSSR count). The number of rotatable bonds is 3. The lowest BCUT2D eigenvalue weighted by Crippen LogP contribution is -2.30. The molecule has 0 saturated heterocycles. The van der Waals surface area contributed by atoms with Crippen LogP contribution in [-0.4, -0.2) is 37.6 Å². The molecule has 0 unspecified atom stereocenters. The fourth-order valence-corrected chi connectivity index (χ4v) is 1.98. The standard InChI is InChI=1S/C12H21NO2/c1-4-15-12(14)9-10-5-7-11(8-6-10)13(2)3/h9,11H,4-8H2,1-3H3. The van der Waals surface area contributed by atoms with E-state index in [1.54, 1.807) is 6.08 Å². The van der Waals surface area contributed by atoms with E-state index in [-0.39, 0.29) is 5.97 Å². The van der Waals surface area contributed by atoms with E-state index in [0.29, 0.717) is 12.6 Å². The highest BCUT2D eigenvalue weighted by Crippen LogP contribution is 2.25. The summed E-state index contributed by atoms with van der Waals surface area (Å²) in [7, 11) is 4.23. The van der Waals surface area contributed by atoms with Crippen LogP contribution in [0.3, 0.4) is 0 Å². The van der Waals surface area contributed by atoms with E-state index in [1.165, 1.54) is 5.57 Å². The Morgan fingerprint density at radius 1 is 1.47 bits per heavy atom. The highest BCUT2D eigenvalue weighted by molar-refractivity contribution is 5.82. The molecular weight excluding hydrogens is 190 g/mol. The van der Waals surface area contributed by atoms with Gasteiger partial charge in [0.1, 0.15) is 0 Å². The van der Waals surface area contributed by atoms with Crippen molar-refractivity contribution in [3.05, 3.63) is 11.6 Å². The van der Waals surface area contributed by atoms with Crippen molar-refractivity contribution in [2.75, 3.05) is 20.7 Å². The van der Waals surface area contributed by atoms with Crippen LogP contribution in [0.4, 0.5) is 0 Å². The SMILES string of the molecule is CCOC(=O)C=C1CCC(N(C)C)CC1. The van der Waals surface area contributed by atoms with Gasteiger partial charge in [-0.15, -0.1) is 0 Å². The van der Waals surface area contributed by atoms with Gasteiger partial charge in [0, 0.05) is 12.1 Å². The molecule has 0 radical (unpaired) electrons. The number of nitrogens with zero attached hydrogens (tertiary/aromatic N) is 1. The normalized spacial score (nSPS) is 21.6. The van der Waals surface area contributed by atoms with E-state index < -0.39 is 0 Å². The fraction of sp³-hybridized carbons (Fsp3) is 0.750. The number of ether oxygens (including phenoxy) is 1. The van der Waals surface area contributed by atoms with Crippen LogP contribution in [0.2, 0.25) is 0 Å². The largest absolute Gasteiger partial charge is 0.463 e. The molecule has 0 aliphatic heterocycles. The highest BCUT2D eigenvalue weighted by atomic mass is 16.5. The molecular formula is C12H21NO2. The Morgan fingerprint density at radius 3 is 2.53 bits per heavy atom. The van der Waals surface area contributed by atoms with Crippen molar-refractivity contribution in [2.45, 2.75) is 38.6 Å². The van der Waals surface area contributed by atoms with Crippen molar-refractivity contribution in [1.82, 2.24) is 4.90 Å². The summed E-state index contributed by atoms with van der Waals surface area (Å²) in [6, 6.07) is 0.671. The maximum Gasteiger partial charge on any atom is 0.330 e. The number of carbonyl (C=O) groups is 1. The van der Waals surface area contributed by atoms with Crippen LogP contribution in [-0.2, 0) is 9.53 Å². The quantitative estimate of drug-likeness (QED) is 0.528. The van der Waals surface area contributed by atoms with Gasteiger partial charge in [0.25, 0.3) is 0 Å². The lowest BCUT2D eigenvalue weighted by Gasteiger charge is -2.29. The maximum absolute atomic E-state index is 11.2. The third-order valence-corrected chi connectivity index (χ3v) is 2.94. The van der Waals surface area contributed by atoms with Gasteiger partial charge < -0.3 is 9.64 Å². The zero-order valence-electron chi connectivity index (χ0n) is 9.95. The van der Waals surface area contributed by atoms with Crippen LogP contribution in [0.15, 0.2) is 11.6 Å². The van der Waals surface area contributed by atoms with Crippen LogP contribution < -0.4 is 0 Å². The molecule has 0 N–H and O–H groups in total. The highest BCUT2D eigenvalue weighted by Gasteiger charge is 2.18. The van der Waals surface area contributed by atoms with E-state index in [0.717, 1.165) is 25.7 Å². The molecule has 0 amide bonds. The molecule has 1 fully saturated rings. The summed E-state index contributed by atoms with van der Waals surface area (Å²) in [6.45, 7) is 2.29. The third kappa shape index (κ3) is 4.04. The third-order valence-electron chi connectivity index (χ3n) is 2.94. The first-order valence-corrected chi connectivity index (χ1v) is 5.66. The summed E-state index contributed by atoms with van der Waals surface area (Å²) < 4.78 is 4.89. The van der Waals surface area contributed by atoms with Crippen LogP contribution in [0.1, 0.15) is 32.6 Å². The molecule has 0 aromatic rings. The first-order valence-electron chi connectivity index (χ1n) is 5.66. The second kappa shape index (κ2) is 5.91. The minimum Gasteiger partial charge on any atom is -0.463 e. The van der Waals surface area contributed by atoms with Crippen LogP contribution in [0, 0.1) is 0 Å². The Balaban J connectivity index is 2.39. The summed E-state index contributed by atoms with van der Waals surface area (Å²) in [5.41, 5.74) is 1.24. The summed E-state index contributed by atoms with van der Waals surface area (Å²) in [4.78, 5) is 13.5. The predicted octanol–water partition coefficient (Wildman–Crippen LogP) is 1.98. The van der Waals surface area contributed by atoms with Gasteiger partial charge in [-0.1, -0.05) is 5.57 Å². The molecule has 3 heteroatoms. The van der Waals surface area contributed by atoms with E-state index in [2.05, 4.69) is 19.0 Å². The number of allylic oxidation sites excluding steroid dienone is 1. The van der Waals surface area contributed by atoms with Crippen molar-refractivity contribution in [2.24, 2.45) is 0 Å². The first kappa shape index (κ1) is 12.2. The summed E-state index contributed by atoms with van der Waals surface area (Å²) in [5.74, 6) is -0.184. The van der Waals surface area contributed by atoms with Gasteiger partial charge in [-0.2, -0.15) is 0 Å². The summed E-state index contributed by atoms with van der Waals surface area (Å²) >= 11 is 0. The zero-order chi connectivity index (χ0) is 11.3. The minimum absolute atomic E-state index is 0.184. The summed E-state index contributed by atoms with van der Waals surface area (Å²) in [6.07, 6.45) is 6.04. The molecule has 0 aromatic heterocycles. The molecule has 15 heavy (non-hydrogen) atoms. The van der Waals surface area contributed by atoms with Gasteiger partial charge in [0.05, 0.1) is 6.61 Å². The zero-order valence-corrected chi connectivity index (χ0v) is 9.95. The molecule has 0 heterocycles. The lowest BCUT2D eigenvalue weighted by atomic mass is 9.90. The maximum atomic E-state index is 11.2. The minimum atomic E-state index is -0.184. The molecule has 0 spiro atoms. The number of carbonyl (C=O) groups excluding carboxylic acids is 1. The van der Waals surface area contributed by atoms with Gasteiger partial charge in [-0.3, -0.25) is 0 Å². The van der Waals surface area contributed by atoms with Gasteiger partial charge in [0.15, 0.2) is 0 Å². The van der Waals surface area contributed by atoms with Crippen molar-refractivity contribution in [3.63, 3.8) is 0 Å². The second-order valence-corrected chi connectivity index (χ2v) is 4.25. The average Bonchev–Trinajstić information content (AvgIpc) is 2.18. The topological polar surface area (TPSA) is 29.5 Å². The monoisotopic (exact) mass is 211 g/mol. The van der Waals surface area contributed by atoms with Crippen LogP contribution in [0.25, 0.3) is 0 Å². The second-order valence-electron chi connectivity index (χ2n) is 4.25. The van der Waals surface area contributed by atoms with E-state index in [9.17, 15) is 4.79 Å².